The average Bonchev–Trinajstić information content (AvgIpc) is 2.81. The molecule has 0 aromatic heterocycles. The maximum atomic E-state index is 11.9. The largest absolute Gasteiger partial charge is 0.744 e. The van der Waals surface area contributed by atoms with Crippen molar-refractivity contribution in [3.63, 3.8) is 0 Å². The van der Waals surface area contributed by atoms with Gasteiger partial charge in [-0.2, -0.15) is 0 Å². The Labute approximate surface area is 218 Å². The molecule has 5 heteroatoms. The first-order chi connectivity index (χ1) is 16.5. The van der Waals surface area contributed by atoms with Crippen LogP contribution in [0.4, 0.5) is 0 Å². The molecule has 4 N–H and O–H groups in total. The van der Waals surface area contributed by atoms with Gasteiger partial charge in [0.2, 0.25) is 0 Å². The van der Waals surface area contributed by atoms with Gasteiger partial charge >= 0.3 is 0 Å². The molecule has 0 saturated heterocycles. The van der Waals surface area contributed by atoms with E-state index in [-0.39, 0.29) is 11.0 Å². The number of hydrogen-bond acceptors (Lipinski definition) is 3. The summed E-state index contributed by atoms with van der Waals surface area (Å²) >= 11 is 0. The molecular weight excluding hydrogens is 454 g/mol. The van der Waals surface area contributed by atoms with Gasteiger partial charge in [0.1, 0.15) is 10.1 Å². The molecule has 206 valence electrons. The van der Waals surface area contributed by atoms with Crippen LogP contribution in [0.3, 0.4) is 0 Å². The van der Waals surface area contributed by atoms with Crippen LogP contribution in [0.5, 0.6) is 0 Å². The van der Waals surface area contributed by atoms with E-state index in [0.717, 1.165) is 36.8 Å². The fraction of sp³-hybridized carbons (Fsp3) is 0.800. The van der Waals surface area contributed by atoms with Crippen LogP contribution in [-0.4, -0.2) is 13.0 Å². The third kappa shape index (κ3) is 17.2. The molecule has 0 atom stereocenters. The lowest BCUT2D eigenvalue weighted by molar-refractivity contribution is 0.461. The number of hydrogen-bond donors (Lipinski definition) is 1. The monoisotopic (exact) mass is 511 g/mol. The normalized spacial score (nSPS) is 11.5. The van der Waals surface area contributed by atoms with Gasteiger partial charge < -0.3 is 10.7 Å². The van der Waals surface area contributed by atoms with Gasteiger partial charge in [-0.05, 0) is 42.9 Å². The van der Waals surface area contributed by atoms with E-state index < -0.39 is 10.1 Å². The number of unbranched alkanes of at least 4 members (excludes halogenated alkanes) is 18. The summed E-state index contributed by atoms with van der Waals surface area (Å²) in [6, 6.07) is 5.29. The molecule has 1 aromatic rings. The van der Waals surface area contributed by atoms with Crippen molar-refractivity contribution in [2.75, 3.05) is 0 Å². The number of aryl methyl sites for hydroxylation is 1. The topological polar surface area (TPSA) is 93.7 Å². The quantitative estimate of drug-likeness (QED) is 0.117. The van der Waals surface area contributed by atoms with Crippen LogP contribution in [0.15, 0.2) is 23.1 Å². The predicted molar refractivity (Wildman–Crippen MR) is 151 cm³/mol. The third-order valence-electron chi connectivity index (χ3n) is 7.08. The Morgan fingerprint density at radius 3 is 1.34 bits per heavy atom. The minimum atomic E-state index is -4.42. The highest BCUT2D eigenvalue weighted by Gasteiger charge is 2.13. The first-order valence-electron chi connectivity index (χ1n) is 14.6. The molecule has 0 heterocycles. The molecular formula is C30H57NO3S. The van der Waals surface area contributed by atoms with E-state index in [0.29, 0.717) is 6.42 Å². The molecule has 0 amide bonds. The van der Waals surface area contributed by atoms with Gasteiger partial charge in [-0.3, -0.25) is 0 Å². The Kier molecular flexibility index (Phi) is 21.7. The summed E-state index contributed by atoms with van der Waals surface area (Å²) in [5.41, 5.74) is 1.88. The molecule has 1 rings (SSSR count). The standard InChI is InChI=1S/C30H54O3S.H3N/c1-3-5-7-9-11-13-15-17-19-21-24-28-25-23-27-30(34(31,32)33)29(28)26-22-20-18-16-14-12-10-8-6-4-2;/h23,25,27H,3-22,24,26H2,1-2H3,(H,31,32,33);1H3. The Balaban J connectivity index is 0.0000116. The highest BCUT2D eigenvalue weighted by atomic mass is 32.2. The lowest BCUT2D eigenvalue weighted by Crippen LogP contribution is -2.07. The summed E-state index contributed by atoms with van der Waals surface area (Å²) in [5.74, 6) is 0. The molecule has 0 aliphatic carbocycles. The van der Waals surface area contributed by atoms with Gasteiger partial charge in [-0.1, -0.05) is 142 Å². The van der Waals surface area contributed by atoms with Gasteiger partial charge in [-0.15, -0.1) is 0 Å². The smallest absolute Gasteiger partial charge is 0.124 e. The molecule has 0 spiro atoms. The highest BCUT2D eigenvalue weighted by molar-refractivity contribution is 7.85. The van der Waals surface area contributed by atoms with Crippen LogP contribution in [0.2, 0.25) is 0 Å². The fourth-order valence-electron chi connectivity index (χ4n) is 4.96. The molecule has 0 bridgehead atoms. The molecule has 0 aliphatic rings. The zero-order chi connectivity index (χ0) is 24.9. The van der Waals surface area contributed by atoms with Gasteiger partial charge in [0.05, 0.1) is 4.90 Å². The van der Waals surface area contributed by atoms with Crippen molar-refractivity contribution in [3.8, 4) is 0 Å². The SMILES string of the molecule is CCCCCCCCCCCCc1cccc(S(=O)(=O)[O-])c1CCCCCCCCCCCC.[NH4+]. The number of quaternary nitrogens is 1. The molecule has 35 heavy (non-hydrogen) atoms. The molecule has 4 nitrogen and oxygen atoms in total. The van der Waals surface area contributed by atoms with Crippen molar-refractivity contribution in [2.24, 2.45) is 0 Å². The summed E-state index contributed by atoms with van der Waals surface area (Å²) in [7, 11) is -4.42. The molecule has 1 aromatic carbocycles. The van der Waals surface area contributed by atoms with E-state index in [1.54, 1.807) is 6.07 Å². The van der Waals surface area contributed by atoms with Crippen molar-refractivity contribution >= 4 is 10.1 Å². The fourth-order valence-corrected chi connectivity index (χ4v) is 5.74. The van der Waals surface area contributed by atoms with Gasteiger partial charge in [-0.25, -0.2) is 8.42 Å². The number of rotatable bonds is 23. The zero-order valence-corrected chi connectivity index (χ0v) is 24.2. The van der Waals surface area contributed by atoms with E-state index in [2.05, 4.69) is 13.8 Å². The first-order valence-corrected chi connectivity index (χ1v) is 16.0. The predicted octanol–water partition coefficient (Wildman–Crippen LogP) is 9.89. The van der Waals surface area contributed by atoms with Crippen LogP contribution >= 0.6 is 0 Å². The van der Waals surface area contributed by atoms with E-state index in [9.17, 15) is 13.0 Å². The maximum Gasteiger partial charge on any atom is 0.124 e. The summed E-state index contributed by atoms with van der Waals surface area (Å²) in [4.78, 5) is 0.0213. The van der Waals surface area contributed by atoms with E-state index in [1.807, 2.05) is 6.07 Å². The second-order valence-electron chi connectivity index (χ2n) is 10.2. The second kappa shape index (κ2) is 22.3. The summed E-state index contributed by atoms with van der Waals surface area (Å²) < 4.78 is 35.6. The summed E-state index contributed by atoms with van der Waals surface area (Å²) in [6.07, 6.45) is 27.0. The molecule has 0 saturated carbocycles. The van der Waals surface area contributed by atoms with Crippen LogP contribution in [0, 0.1) is 0 Å². The third-order valence-corrected chi connectivity index (χ3v) is 8.00. The maximum absolute atomic E-state index is 11.9. The number of benzene rings is 1. The average molecular weight is 512 g/mol. The lowest BCUT2D eigenvalue weighted by Gasteiger charge is -2.17. The van der Waals surface area contributed by atoms with Crippen molar-refractivity contribution in [2.45, 2.75) is 160 Å². The van der Waals surface area contributed by atoms with E-state index in [1.165, 1.54) is 115 Å². The molecule has 0 radical (unpaired) electrons. The molecule has 0 aliphatic heterocycles. The van der Waals surface area contributed by atoms with Gasteiger partial charge in [0.15, 0.2) is 0 Å². The van der Waals surface area contributed by atoms with Crippen molar-refractivity contribution in [1.82, 2.24) is 6.15 Å². The summed E-state index contributed by atoms with van der Waals surface area (Å²) in [5, 5.41) is 0. The minimum Gasteiger partial charge on any atom is -0.744 e. The zero-order valence-electron chi connectivity index (χ0n) is 23.4. The Morgan fingerprint density at radius 1 is 0.571 bits per heavy atom. The van der Waals surface area contributed by atoms with Crippen LogP contribution in [-0.2, 0) is 23.0 Å². The second-order valence-corrected chi connectivity index (χ2v) is 11.6. The van der Waals surface area contributed by atoms with E-state index >= 15 is 0 Å². The van der Waals surface area contributed by atoms with Crippen LogP contribution < -0.4 is 6.15 Å². The first kappa shape index (κ1) is 34.1. The molecule has 0 unspecified atom stereocenters. The van der Waals surface area contributed by atoms with Crippen molar-refractivity contribution in [3.05, 3.63) is 29.3 Å². The van der Waals surface area contributed by atoms with Gasteiger partial charge in [0, 0.05) is 0 Å². The highest BCUT2D eigenvalue weighted by Crippen LogP contribution is 2.25. The molecule has 0 fully saturated rings. The Hall–Kier alpha value is -0.910. The van der Waals surface area contributed by atoms with Crippen LogP contribution in [0.25, 0.3) is 0 Å². The van der Waals surface area contributed by atoms with Crippen molar-refractivity contribution < 1.29 is 13.0 Å². The Morgan fingerprint density at radius 2 is 0.943 bits per heavy atom. The Bertz CT molecular complexity index is 718. The van der Waals surface area contributed by atoms with Gasteiger partial charge in [0.25, 0.3) is 0 Å². The lowest BCUT2D eigenvalue weighted by atomic mass is 9.96. The minimum absolute atomic E-state index is 0. The van der Waals surface area contributed by atoms with Crippen LogP contribution in [0.1, 0.15) is 153 Å². The summed E-state index contributed by atoms with van der Waals surface area (Å²) in [6.45, 7) is 4.50. The van der Waals surface area contributed by atoms with Crippen molar-refractivity contribution in [1.29, 1.82) is 0 Å². The van der Waals surface area contributed by atoms with E-state index in [4.69, 9.17) is 0 Å².